The van der Waals surface area contributed by atoms with Gasteiger partial charge in [0.1, 0.15) is 13.1 Å². The Morgan fingerprint density at radius 2 is 1.44 bits per heavy atom. The Kier molecular flexibility index (Phi) is 7.63. The zero-order chi connectivity index (χ0) is 24.7. The van der Waals surface area contributed by atoms with Crippen LogP contribution >= 0.6 is 0 Å². The molecule has 0 unspecified atom stereocenters. The van der Waals surface area contributed by atoms with Crippen molar-refractivity contribution in [3.05, 3.63) is 79.1 Å². The maximum atomic E-state index is 13.1. The Hall–Kier alpha value is -4.20. The fourth-order valence-electron chi connectivity index (χ4n) is 3.38. The van der Waals surface area contributed by atoms with E-state index in [1.54, 1.807) is 75.6 Å². The van der Waals surface area contributed by atoms with Gasteiger partial charge in [0.25, 0.3) is 0 Å². The van der Waals surface area contributed by atoms with E-state index in [2.05, 4.69) is 10.3 Å². The minimum absolute atomic E-state index is 0.257. The van der Waals surface area contributed by atoms with Crippen LogP contribution in [-0.4, -0.2) is 51.5 Å². The number of amides is 3. The lowest BCUT2D eigenvalue weighted by molar-refractivity contribution is -0.122. The van der Waals surface area contributed by atoms with Gasteiger partial charge in [0, 0.05) is 29.3 Å². The number of benzene rings is 2. The van der Waals surface area contributed by atoms with Crippen molar-refractivity contribution < 1.29 is 19.5 Å². The molecule has 0 aliphatic carbocycles. The number of nitrogens with zero attached hydrogens (tertiary/aromatic N) is 3. The first-order chi connectivity index (χ1) is 16.1. The Labute approximate surface area is 198 Å². The van der Waals surface area contributed by atoms with E-state index in [4.69, 9.17) is 0 Å². The van der Waals surface area contributed by atoms with Gasteiger partial charge in [-0.2, -0.15) is 0 Å². The molecule has 0 fully saturated rings. The molecule has 0 aliphatic heterocycles. The highest BCUT2D eigenvalue weighted by molar-refractivity contribution is 6.03. The summed E-state index contributed by atoms with van der Waals surface area (Å²) >= 11 is 0. The number of nitrogens with one attached hydrogen (secondary N) is 1. The average molecular weight is 461 g/mol. The number of carbonyl (C=O) groups is 3. The molecule has 0 aliphatic rings. The molecule has 0 radical (unpaired) electrons. The summed E-state index contributed by atoms with van der Waals surface area (Å²) in [5.41, 5.74) is 2.32. The lowest BCUT2D eigenvalue weighted by Gasteiger charge is -2.34. The molecule has 3 amide bonds. The lowest BCUT2D eigenvalue weighted by Crippen LogP contribution is -2.51. The summed E-state index contributed by atoms with van der Waals surface area (Å²) in [6, 6.07) is 19.9. The predicted octanol–water partition coefficient (Wildman–Crippen LogP) is 4.50. The van der Waals surface area contributed by atoms with E-state index >= 15 is 0 Å². The molecule has 0 spiro atoms. The van der Waals surface area contributed by atoms with E-state index < -0.39 is 23.4 Å². The first-order valence-corrected chi connectivity index (χ1v) is 10.8. The van der Waals surface area contributed by atoms with Gasteiger partial charge in [0.05, 0.1) is 0 Å². The molecule has 1 aromatic heterocycles. The van der Waals surface area contributed by atoms with E-state index in [9.17, 15) is 19.5 Å². The van der Waals surface area contributed by atoms with Crippen LogP contribution in [0.25, 0.3) is 11.1 Å². The van der Waals surface area contributed by atoms with Crippen LogP contribution in [0.5, 0.6) is 0 Å². The molecular formula is C26H28N4O4. The SMILES string of the molecule is CC(C)(C)N(CC(=O)N(CC(=O)Nc1ccc(-c2ccncc2)cc1)c1ccccc1)C(=O)O. The van der Waals surface area contributed by atoms with Crippen LogP contribution in [-0.2, 0) is 9.59 Å². The molecule has 8 heteroatoms. The molecule has 1 heterocycles. The normalized spacial score (nSPS) is 10.9. The van der Waals surface area contributed by atoms with Crippen molar-refractivity contribution in [1.82, 2.24) is 9.88 Å². The number of rotatable bonds is 7. The zero-order valence-corrected chi connectivity index (χ0v) is 19.4. The van der Waals surface area contributed by atoms with Crippen LogP contribution < -0.4 is 10.2 Å². The third kappa shape index (κ3) is 6.41. The lowest BCUT2D eigenvalue weighted by atomic mass is 10.1. The number of para-hydroxylation sites is 1. The van der Waals surface area contributed by atoms with Crippen LogP contribution in [0.15, 0.2) is 79.1 Å². The first-order valence-electron chi connectivity index (χ1n) is 10.8. The second kappa shape index (κ2) is 10.6. The van der Waals surface area contributed by atoms with Gasteiger partial charge in [0.2, 0.25) is 11.8 Å². The number of aromatic nitrogens is 1. The molecular weight excluding hydrogens is 432 g/mol. The molecule has 3 rings (SSSR count). The van der Waals surface area contributed by atoms with Crippen molar-refractivity contribution >= 4 is 29.3 Å². The highest BCUT2D eigenvalue weighted by Crippen LogP contribution is 2.21. The standard InChI is InChI=1S/C26H28N4O4/c1-26(2,3)30(25(33)34)18-24(32)29(22-7-5-4-6-8-22)17-23(31)28-21-11-9-19(10-12-21)20-13-15-27-16-14-20/h4-16H,17-18H2,1-3H3,(H,28,31)(H,33,34). The molecule has 176 valence electrons. The third-order valence-electron chi connectivity index (χ3n) is 5.19. The number of carbonyl (C=O) groups excluding carboxylic acids is 2. The summed E-state index contributed by atoms with van der Waals surface area (Å²) < 4.78 is 0. The summed E-state index contributed by atoms with van der Waals surface area (Å²) in [5, 5.41) is 12.4. The predicted molar refractivity (Wildman–Crippen MR) is 132 cm³/mol. The summed E-state index contributed by atoms with van der Waals surface area (Å²) in [7, 11) is 0. The van der Waals surface area contributed by atoms with E-state index in [0.717, 1.165) is 16.0 Å². The van der Waals surface area contributed by atoms with Crippen molar-refractivity contribution in [2.75, 3.05) is 23.3 Å². The van der Waals surface area contributed by atoms with Gasteiger partial charge in [-0.05, 0) is 68.3 Å². The van der Waals surface area contributed by atoms with Crippen molar-refractivity contribution in [3.63, 3.8) is 0 Å². The van der Waals surface area contributed by atoms with Crippen LogP contribution in [0, 0.1) is 0 Å². The molecule has 0 atom stereocenters. The van der Waals surface area contributed by atoms with E-state index in [1.807, 2.05) is 24.3 Å². The Morgan fingerprint density at radius 3 is 2.00 bits per heavy atom. The molecule has 3 aromatic rings. The Balaban J connectivity index is 1.74. The number of hydrogen-bond acceptors (Lipinski definition) is 4. The van der Waals surface area contributed by atoms with Crippen molar-refractivity contribution in [3.8, 4) is 11.1 Å². The van der Waals surface area contributed by atoms with Crippen molar-refractivity contribution in [2.24, 2.45) is 0 Å². The first kappa shape index (κ1) is 24.4. The monoisotopic (exact) mass is 460 g/mol. The molecule has 34 heavy (non-hydrogen) atoms. The smallest absolute Gasteiger partial charge is 0.408 e. The second-order valence-corrected chi connectivity index (χ2v) is 8.72. The maximum Gasteiger partial charge on any atom is 0.408 e. The van der Waals surface area contributed by atoms with Gasteiger partial charge in [-0.1, -0.05) is 30.3 Å². The Bertz CT molecular complexity index is 1130. The third-order valence-corrected chi connectivity index (χ3v) is 5.19. The van der Waals surface area contributed by atoms with Gasteiger partial charge in [0.15, 0.2) is 0 Å². The molecule has 2 aromatic carbocycles. The Morgan fingerprint density at radius 1 is 0.853 bits per heavy atom. The molecule has 0 bridgehead atoms. The highest BCUT2D eigenvalue weighted by atomic mass is 16.4. The minimum Gasteiger partial charge on any atom is -0.465 e. The van der Waals surface area contributed by atoms with Crippen LogP contribution in [0.1, 0.15) is 20.8 Å². The highest BCUT2D eigenvalue weighted by Gasteiger charge is 2.31. The largest absolute Gasteiger partial charge is 0.465 e. The van der Waals surface area contributed by atoms with E-state index in [1.165, 1.54) is 4.90 Å². The van der Waals surface area contributed by atoms with Gasteiger partial charge in [-0.3, -0.25) is 19.5 Å². The summed E-state index contributed by atoms with van der Waals surface area (Å²) in [4.78, 5) is 44.0. The van der Waals surface area contributed by atoms with Gasteiger partial charge >= 0.3 is 6.09 Å². The molecule has 0 saturated heterocycles. The maximum absolute atomic E-state index is 13.1. The van der Waals surface area contributed by atoms with Crippen LogP contribution in [0.2, 0.25) is 0 Å². The minimum atomic E-state index is -1.20. The van der Waals surface area contributed by atoms with Crippen LogP contribution in [0.3, 0.4) is 0 Å². The van der Waals surface area contributed by atoms with Gasteiger partial charge in [-0.25, -0.2) is 4.79 Å². The molecule has 0 saturated carbocycles. The quantitative estimate of drug-likeness (QED) is 0.540. The number of anilines is 2. The topological polar surface area (TPSA) is 103 Å². The van der Waals surface area contributed by atoms with E-state index in [-0.39, 0.29) is 13.1 Å². The number of carboxylic acid groups (broad SMARTS) is 1. The second-order valence-electron chi connectivity index (χ2n) is 8.72. The number of hydrogen-bond donors (Lipinski definition) is 2. The number of pyridine rings is 1. The molecule has 8 nitrogen and oxygen atoms in total. The summed E-state index contributed by atoms with van der Waals surface area (Å²) in [6.07, 6.45) is 2.23. The van der Waals surface area contributed by atoms with Gasteiger partial charge in [-0.15, -0.1) is 0 Å². The van der Waals surface area contributed by atoms with Gasteiger partial charge < -0.3 is 15.3 Å². The summed E-state index contributed by atoms with van der Waals surface area (Å²) in [5.74, 6) is -0.891. The van der Waals surface area contributed by atoms with Crippen molar-refractivity contribution in [1.29, 1.82) is 0 Å². The molecule has 2 N–H and O–H groups in total. The fraction of sp³-hybridized carbons (Fsp3) is 0.231. The zero-order valence-electron chi connectivity index (χ0n) is 19.4. The summed E-state index contributed by atoms with van der Waals surface area (Å²) in [6.45, 7) is 4.50. The average Bonchev–Trinajstić information content (AvgIpc) is 2.81. The van der Waals surface area contributed by atoms with E-state index in [0.29, 0.717) is 11.4 Å². The fourth-order valence-corrected chi connectivity index (χ4v) is 3.38. The van der Waals surface area contributed by atoms with Crippen molar-refractivity contribution in [2.45, 2.75) is 26.3 Å². The van der Waals surface area contributed by atoms with Crippen LogP contribution in [0.4, 0.5) is 16.2 Å².